The molecule has 1 aliphatic heterocycles. The minimum absolute atomic E-state index is 0.176. The molecule has 2 aromatic heterocycles. The summed E-state index contributed by atoms with van der Waals surface area (Å²) in [6, 6.07) is 8.39. The number of pyridine rings is 1. The van der Waals surface area contributed by atoms with Gasteiger partial charge in [0.1, 0.15) is 0 Å². The highest BCUT2D eigenvalue weighted by Crippen LogP contribution is 2.21. The minimum Gasteiger partial charge on any atom is -0.347 e. The lowest BCUT2D eigenvalue weighted by Crippen LogP contribution is -2.26. The van der Waals surface area contributed by atoms with Gasteiger partial charge in [-0.2, -0.15) is 4.31 Å². The van der Waals surface area contributed by atoms with Crippen LogP contribution >= 0.6 is 11.6 Å². The second-order valence-corrected chi connectivity index (χ2v) is 9.55. The molecule has 8 nitrogen and oxygen atoms in total. The summed E-state index contributed by atoms with van der Waals surface area (Å²) in [4.78, 5) is 23.9. The number of sulfonamides is 1. The third-order valence-corrected chi connectivity index (χ3v) is 7.04. The molecule has 1 atom stereocenters. The van der Waals surface area contributed by atoms with Crippen LogP contribution in [0.2, 0.25) is 5.02 Å². The quantitative estimate of drug-likeness (QED) is 0.640. The second kappa shape index (κ2) is 7.74. The van der Waals surface area contributed by atoms with Gasteiger partial charge in [0, 0.05) is 34.2 Å². The van der Waals surface area contributed by atoms with Crippen LogP contribution in [0.1, 0.15) is 30.6 Å². The number of rotatable bonds is 5. The number of aromatic nitrogens is 3. The monoisotopic (exact) mass is 433 g/mol. The van der Waals surface area contributed by atoms with Crippen LogP contribution in [0, 0.1) is 0 Å². The van der Waals surface area contributed by atoms with Gasteiger partial charge in [0.15, 0.2) is 0 Å². The fourth-order valence-electron chi connectivity index (χ4n) is 3.39. The van der Waals surface area contributed by atoms with E-state index in [9.17, 15) is 13.2 Å². The first-order chi connectivity index (χ1) is 13.8. The largest absolute Gasteiger partial charge is 0.347 e. The van der Waals surface area contributed by atoms with Crippen LogP contribution in [0.25, 0.3) is 10.9 Å². The summed E-state index contributed by atoms with van der Waals surface area (Å²) in [5.74, 6) is 0.506. The Morgan fingerprint density at radius 2 is 2.14 bits per heavy atom. The van der Waals surface area contributed by atoms with Gasteiger partial charge in [-0.15, -0.1) is 0 Å². The molecule has 1 fully saturated rings. The summed E-state index contributed by atoms with van der Waals surface area (Å²) in [7, 11) is -3.20. The van der Waals surface area contributed by atoms with Crippen LogP contribution in [-0.2, 0) is 16.6 Å². The van der Waals surface area contributed by atoms with Crippen molar-refractivity contribution in [2.75, 3.05) is 17.6 Å². The van der Waals surface area contributed by atoms with Crippen molar-refractivity contribution in [2.45, 2.75) is 25.9 Å². The zero-order chi connectivity index (χ0) is 20.6. The summed E-state index contributed by atoms with van der Waals surface area (Å²) in [5, 5.41) is 4.54. The van der Waals surface area contributed by atoms with Crippen molar-refractivity contribution in [3.8, 4) is 0 Å². The molecule has 152 valence electrons. The lowest BCUT2D eigenvalue weighted by Gasteiger charge is -2.16. The Bertz CT molecular complexity index is 1230. The Balaban J connectivity index is 1.56. The average Bonchev–Trinajstić information content (AvgIpc) is 3.00. The van der Waals surface area contributed by atoms with E-state index in [2.05, 4.69) is 20.3 Å². The van der Waals surface area contributed by atoms with Crippen LogP contribution in [0.3, 0.4) is 0 Å². The fraction of sp³-hybridized carbons (Fsp3) is 0.316. The molecule has 0 spiro atoms. The molecule has 10 heteroatoms. The van der Waals surface area contributed by atoms with Crippen molar-refractivity contribution < 1.29 is 8.42 Å². The first kappa shape index (κ1) is 19.8. The molecule has 1 saturated heterocycles. The summed E-state index contributed by atoms with van der Waals surface area (Å²) in [6.07, 6.45) is 2.20. The van der Waals surface area contributed by atoms with E-state index in [-0.39, 0.29) is 23.9 Å². The van der Waals surface area contributed by atoms with E-state index in [4.69, 9.17) is 11.6 Å². The van der Waals surface area contributed by atoms with E-state index in [1.807, 2.05) is 6.92 Å². The first-order valence-corrected chi connectivity index (χ1v) is 11.2. The maximum Gasteiger partial charge on any atom is 0.253 e. The van der Waals surface area contributed by atoms with Gasteiger partial charge in [-0.1, -0.05) is 11.6 Å². The van der Waals surface area contributed by atoms with Gasteiger partial charge in [-0.05, 0) is 43.7 Å². The normalized spacial score (nSPS) is 17.4. The summed E-state index contributed by atoms with van der Waals surface area (Å²) in [6.45, 7) is 2.55. The second-order valence-electron chi connectivity index (χ2n) is 7.03. The third-order valence-electron chi connectivity index (χ3n) is 4.90. The number of hydrogen-bond acceptors (Lipinski definition) is 6. The molecule has 0 aliphatic carbocycles. The fourth-order valence-corrected chi connectivity index (χ4v) is 5.06. The van der Waals surface area contributed by atoms with E-state index >= 15 is 0 Å². The summed E-state index contributed by atoms with van der Waals surface area (Å²) >= 11 is 6.05. The van der Waals surface area contributed by atoms with Crippen molar-refractivity contribution >= 4 is 38.5 Å². The van der Waals surface area contributed by atoms with E-state index in [1.165, 1.54) is 4.31 Å². The van der Waals surface area contributed by atoms with E-state index in [0.29, 0.717) is 40.7 Å². The highest BCUT2D eigenvalue weighted by Gasteiger charge is 2.28. The van der Waals surface area contributed by atoms with Crippen molar-refractivity contribution in [2.24, 2.45) is 0 Å². The van der Waals surface area contributed by atoms with Crippen LogP contribution in [0.15, 0.2) is 41.3 Å². The molecular formula is C19H20ClN5O3S. The number of fused-ring (bicyclic) bond motifs is 1. The van der Waals surface area contributed by atoms with E-state index < -0.39 is 10.0 Å². The van der Waals surface area contributed by atoms with Gasteiger partial charge >= 0.3 is 0 Å². The number of nitrogens with one attached hydrogen (secondary N) is 2. The molecule has 0 unspecified atom stereocenters. The molecular weight excluding hydrogens is 414 g/mol. The number of halogens is 1. The topological polar surface area (TPSA) is 108 Å². The van der Waals surface area contributed by atoms with Crippen LogP contribution < -0.4 is 10.9 Å². The molecule has 0 amide bonds. The van der Waals surface area contributed by atoms with Crippen LogP contribution in [0.5, 0.6) is 0 Å². The Hall–Kier alpha value is -2.49. The lowest BCUT2D eigenvalue weighted by molar-refractivity contribution is 0.434. The molecule has 29 heavy (non-hydrogen) atoms. The number of aromatic amines is 1. The summed E-state index contributed by atoms with van der Waals surface area (Å²) < 4.78 is 25.4. The average molecular weight is 434 g/mol. The molecule has 2 N–H and O–H groups in total. The predicted molar refractivity (Wildman–Crippen MR) is 112 cm³/mol. The number of anilines is 1. The zero-order valence-corrected chi connectivity index (χ0v) is 17.3. The molecule has 0 saturated carbocycles. The standard InChI is InChI=1S/C19H20ClN5O3S/c1-12(16-10-13-9-14(20)3-4-17(13)24-18(16)26)22-19-21-6-5-15(23-19)11-25-7-2-8-29(25,27)28/h3-6,9-10,12H,2,7-8,11H2,1H3,(H,24,26)(H,21,22,23)/t12-/m0/s1. The first-order valence-electron chi connectivity index (χ1n) is 9.20. The van der Waals surface area contributed by atoms with E-state index in [0.717, 1.165) is 5.39 Å². The molecule has 1 aliphatic rings. The van der Waals surface area contributed by atoms with Gasteiger partial charge in [0.05, 0.1) is 24.0 Å². The van der Waals surface area contributed by atoms with Crippen molar-refractivity contribution in [3.05, 3.63) is 63.2 Å². The van der Waals surface area contributed by atoms with Gasteiger partial charge in [0.2, 0.25) is 16.0 Å². The van der Waals surface area contributed by atoms with Crippen molar-refractivity contribution in [3.63, 3.8) is 0 Å². The zero-order valence-electron chi connectivity index (χ0n) is 15.7. The summed E-state index contributed by atoms with van der Waals surface area (Å²) in [5.41, 5.74) is 1.62. The van der Waals surface area contributed by atoms with Crippen molar-refractivity contribution in [1.82, 2.24) is 19.3 Å². The number of nitrogens with zero attached hydrogens (tertiary/aromatic N) is 3. The SMILES string of the molecule is C[C@H](Nc1nccc(CN2CCCS2(=O)=O)n1)c1cc2cc(Cl)ccc2[nH]c1=O. The van der Waals surface area contributed by atoms with Crippen LogP contribution in [0.4, 0.5) is 5.95 Å². The van der Waals surface area contributed by atoms with Crippen LogP contribution in [-0.4, -0.2) is 40.0 Å². The lowest BCUT2D eigenvalue weighted by atomic mass is 10.1. The maximum atomic E-state index is 12.5. The van der Waals surface area contributed by atoms with Crippen molar-refractivity contribution in [1.29, 1.82) is 0 Å². The minimum atomic E-state index is -3.20. The Morgan fingerprint density at radius 1 is 1.31 bits per heavy atom. The highest BCUT2D eigenvalue weighted by atomic mass is 35.5. The van der Waals surface area contributed by atoms with E-state index in [1.54, 1.807) is 36.5 Å². The van der Waals surface area contributed by atoms with Gasteiger partial charge in [-0.25, -0.2) is 18.4 Å². The van der Waals surface area contributed by atoms with Gasteiger partial charge in [-0.3, -0.25) is 4.79 Å². The third kappa shape index (κ3) is 4.26. The molecule has 3 aromatic rings. The molecule has 0 radical (unpaired) electrons. The number of H-pyrrole nitrogens is 1. The number of benzene rings is 1. The Morgan fingerprint density at radius 3 is 2.90 bits per heavy atom. The Kier molecular flexibility index (Phi) is 5.28. The smallest absolute Gasteiger partial charge is 0.253 e. The Labute approximate surface area is 173 Å². The molecule has 4 rings (SSSR count). The molecule has 0 bridgehead atoms. The van der Waals surface area contributed by atoms with Gasteiger partial charge in [0.25, 0.3) is 5.56 Å². The molecule has 3 heterocycles. The molecule has 1 aromatic carbocycles. The highest BCUT2D eigenvalue weighted by molar-refractivity contribution is 7.89. The maximum absolute atomic E-state index is 12.5. The van der Waals surface area contributed by atoms with Gasteiger partial charge < -0.3 is 10.3 Å². The number of hydrogen-bond donors (Lipinski definition) is 2. The predicted octanol–water partition coefficient (Wildman–Crippen LogP) is 2.68.